The highest BCUT2D eigenvalue weighted by atomic mass is 16.5. The lowest BCUT2D eigenvalue weighted by atomic mass is 10.2. The van der Waals surface area contributed by atoms with Crippen LogP contribution in [0.4, 0.5) is 0 Å². The van der Waals surface area contributed by atoms with Crippen molar-refractivity contribution in [3.63, 3.8) is 0 Å². The van der Waals surface area contributed by atoms with Gasteiger partial charge in [0.25, 0.3) is 0 Å². The van der Waals surface area contributed by atoms with Crippen LogP contribution in [0.3, 0.4) is 0 Å². The number of hydrogen-bond donors (Lipinski definition) is 0. The van der Waals surface area contributed by atoms with E-state index >= 15 is 0 Å². The first-order valence-electron chi connectivity index (χ1n) is 2.63. The minimum atomic E-state index is -0.338. The SMILES string of the molecule is C#CC1=CC(=O)OC1C. The predicted octanol–water partition coefficient (Wildman–Crippen LogP) is 0.491. The maximum absolute atomic E-state index is 10.4. The highest BCUT2D eigenvalue weighted by Crippen LogP contribution is 2.12. The lowest BCUT2D eigenvalue weighted by Crippen LogP contribution is -2.04. The van der Waals surface area contributed by atoms with E-state index in [0.29, 0.717) is 5.57 Å². The molecule has 0 aromatic rings. The van der Waals surface area contributed by atoms with Crippen LogP contribution in [0.5, 0.6) is 0 Å². The third-order valence-corrected chi connectivity index (χ3v) is 1.17. The molecule has 1 aliphatic rings. The Morgan fingerprint density at radius 3 is 2.78 bits per heavy atom. The van der Waals surface area contributed by atoms with Crippen LogP contribution in [-0.2, 0) is 9.53 Å². The molecule has 0 spiro atoms. The zero-order valence-electron chi connectivity index (χ0n) is 5.05. The van der Waals surface area contributed by atoms with E-state index in [-0.39, 0.29) is 12.1 Å². The third kappa shape index (κ3) is 0.945. The molecule has 0 aromatic carbocycles. The maximum atomic E-state index is 10.4. The monoisotopic (exact) mass is 122 g/mol. The number of terminal acetylenes is 1. The fraction of sp³-hybridized carbons (Fsp3) is 0.286. The van der Waals surface area contributed by atoms with E-state index in [1.807, 2.05) is 0 Å². The Kier molecular flexibility index (Phi) is 1.27. The van der Waals surface area contributed by atoms with Crippen molar-refractivity contribution >= 4 is 5.97 Å². The molecule has 9 heavy (non-hydrogen) atoms. The zero-order chi connectivity index (χ0) is 6.85. The summed E-state index contributed by atoms with van der Waals surface area (Å²) in [5, 5.41) is 0. The number of carbonyl (C=O) groups excluding carboxylic acids is 1. The van der Waals surface area contributed by atoms with E-state index in [1.165, 1.54) is 6.08 Å². The molecule has 0 N–H and O–H groups in total. The molecule has 1 rings (SSSR count). The number of carbonyl (C=O) groups is 1. The molecular formula is C7H6O2. The Morgan fingerprint density at radius 1 is 1.89 bits per heavy atom. The Morgan fingerprint density at radius 2 is 2.56 bits per heavy atom. The zero-order valence-corrected chi connectivity index (χ0v) is 5.05. The second-order valence-corrected chi connectivity index (χ2v) is 1.82. The fourth-order valence-corrected chi connectivity index (χ4v) is 0.675. The van der Waals surface area contributed by atoms with Gasteiger partial charge in [0, 0.05) is 11.6 Å². The minimum absolute atomic E-state index is 0.220. The fourth-order valence-electron chi connectivity index (χ4n) is 0.675. The van der Waals surface area contributed by atoms with Crippen molar-refractivity contribution in [3.8, 4) is 12.3 Å². The molecule has 46 valence electrons. The second kappa shape index (κ2) is 1.94. The molecule has 1 atom stereocenters. The van der Waals surface area contributed by atoms with Gasteiger partial charge >= 0.3 is 5.97 Å². The van der Waals surface area contributed by atoms with Crippen molar-refractivity contribution in [3.05, 3.63) is 11.6 Å². The average molecular weight is 122 g/mol. The molecule has 0 fully saturated rings. The van der Waals surface area contributed by atoms with Crippen LogP contribution in [-0.4, -0.2) is 12.1 Å². The summed E-state index contributed by atoms with van der Waals surface area (Å²) in [6, 6.07) is 0. The van der Waals surface area contributed by atoms with E-state index < -0.39 is 0 Å². The molecule has 0 saturated carbocycles. The molecule has 0 amide bonds. The van der Waals surface area contributed by atoms with E-state index in [0.717, 1.165) is 0 Å². The van der Waals surface area contributed by atoms with Crippen molar-refractivity contribution in [1.82, 2.24) is 0 Å². The van der Waals surface area contributed by atoms with Crippen molar-refractivity contribution < 1.29 is 9.53 Å². The summed E-state index contributed by atoms with van der Waals surface area (Å²) >= 11 is 0. The van der Waals surface area contributed by atoms with Gasteiger partial charge in [0.2, 0.25) is 0 Å². The second-order valence-electron chi connectivity index (χ2n) is 1.82. The molecule has 1 aliphatic heterocycles. The van der Waals surface area contributed by atoms with Gasteiger partial charge in [0.05, 0.1) is 0 Å². The Bertz CT molecular complexity index is 207. The summed E-state index contributed by atoms with van der Waals surface area (Å²) in [6.45, 7) is 1.75. The standard InChI is InChI=1S/C7H6O2/c1-3-6-4-7(8)9-5(6)2/h1,4-5H,2H3. The molecule has 0 radical (unpaired) electrons. The van der Waals surface area contributed by atoms with Gasteiger partial charge in [0.1, 0.15) is 6.10 Å². The van der Waals surface area contributed by atoms with Gasteiger partial charge in [-0.25, -0.2) is 4.79 Å². The van der Waals surface area contributed by atoms with Crippen molar-refractivity contribution in [2.45, 2.75) is 13.0 Å². The number of rotatable bonds is 0. The Balaban J connectivity index is 2.84. The van der Waals surface area contributed by atoms with Crippen LogP contribution in [0, 0.1) is 12.3 Å². The molecule has 0 aliphatic carbocycles. The van der Waals surface area contributed by atoms with Crippen LogP contribution < -0.4 is 0 Å². The molecule has 0 aromatic heterocycles. The Labute approximate surface area is 53.5 Å². The summed E-state index contributed by atoms with van der Waals surface area (Å²) in [5.74, 6) is 2.02. The van der Waals surface area contributed by atoms with Gasteiger partial charge < -0.3 is 4.74 Å². The van der Waals surface area contributed by atoms with Crippen molar-refractivity contribution in [2.75, 3.05) is 0 Å². The van der Waals surface area contributed by atoms with Crippen molar-refractivity contribution in [2.24, 2.45) is 0 Å². The van der Waals surface area contributed by atoms with Crippen LogP contribution >= 0.6 is 0 Å². The number of hydrogen-bond acceptors (Lipinski definition) is 2. The van der Waals surface area contributed by atoms with Gasteiger partial charge in [-0.15, -0.1) is 6.42 Å². The highest BCUT2D eigenvalue weighted by Gasteiger charge is 2.19. The highest BCUT2D eigenvalue weighted by molar-refractivity contribution is 5.87. The van der Waals surface area contributed by atoms with Crippen LogP contribution in [0.1, 0.15) is 6.92 Å². The van der Waals surface area contributed by atoms with Gasteiger partial charge in [0.15, 0.2) is 0 Å². The molecule has 2 nitrogen and oxygen atoms in total. The number of ether oxygens (including phenoxy) is 1. The topological polar surface area (TPSA) is 26.3 Å². The van der Waals surface area contributed by atoms with Crippen LogP contribution in [0.15, 0.2) is 11.6 Å². The summed E-state index contributed by atoms with van der Waals surface area (Å²) < 4.78 is 4.69. The molecule has 2 heteroatoms. The van der Waals surface area contributed by atoms with Crippen LogP contribution in [0.2, 0.25) is 0 Å². The van der Waals surface area contributed by atoms with Gasteiger partial charge in [-0.1, -0.05) is 5.92 Å². The average Bonchev–Trinajstić information content (AvgIpc) is 2.10. The molecular weight excluding hydrogens is 116 g/mol. The number of cyclic esters (lactones) is 1. The first kappa shape index (κ1) is 5.90. The normalized spacial score (nSPS) is 24.7. The van der Waals surface area contributed by atoms with E-state index in [4.69, 9.17) is 11.2 Å². The predicted molar refractivity (Wildman–Crippen MR) is 32.5 cm³/mol. The summed E-state index contributed by atoms with van der Waals surface area (Å²) in [5.41, 5.74) is 0.625. The van der Waals surface area contributed by atoms with Gasteiger partial charge in [-0.2, -0.15) is 0 Å². The summed E-state index contributed by atoms with van der Waals surface area (Å²) in [4.78, 5) is 10.4. The lowest BCUT2D eigenvalue weighted by molar-refractivity contribution is -0.138. The smallest absolute Gasteiger partial charge is 0.332 e. The first-order valence-corrected chi connectivity index (χ1v) is 2.63. The molecule has 0 saturated heterocycles. The Hall–Kier alpha value is -1.23. The van der Waals surface area contributed by atoms with E-state index in [2.05, 4.69) is 5.92 Å². The molecule has 1 unspecified atom stereocenters. The largest absolute Gasteiger partial charge is 0.454 e. The summed E-state index contributed by atoms with van der Waals surface area (Å²) in [6.07, 6.45) is 6.15. The minimum Gasteiger partial charge on any atom is -0.454 e. The lowest BCUT2D eigenvalue weighted by Gasteiger charge is -2.00. The number of esters is 1. The molecule has 1 heterocycles. The first-order chi connectivity index (χ1) is 4.24. The van der Waals surface area contributed by atoms with E-state index in [9.17, 15) is 4.79 Å². The van der Waals surface area contributed by atoms with E-state index in [1.54, 1.807) is 6.92 Å². The third-order valence-electron chi connectivity index (χ3n) is 1.17. The van der Waals surface area contributed by atoms with Gasteiger partial charge in [-0.05, 0) is 6.92 Å². The quantitative estimate of drug-likeness (QED) is 0.345. The maximum Gasteiger partial charge on any atom is 0.332 e. The van der Waals surface area contributed by atoms with Gasteiger partial charge in [-0.3, -0.25) is 0 Å². The summed E-state index contributed by atoms with van der Waals surface area (Å²) in [7, 11) is 0. The van der Waals surface area contributed by atoms with Crippen molar-refractivity contribution in [1.29, 1.82) is 0 Å². The van der Waals surface area contributed by atoms with Crippen LogP contribution in [0.25, 0.3) is 0 Å². The molecule has 0 bridgehead atoms.